The minimum Gasteiger partial charge on any atom is -0.285 e. The van der Waals surface area contributed by atoms with Gasteiger partial charge in [0.05, 0.1) is 12.3 Å². The van der Waals surface area contributed by atoms with Crippen molar-refractivity contribution in [2.24, 2.45) is 9.98 Å². The van der Waals surface area contributed by atoms with Gasteiger partial charge >= 0.3 is 0 Å². The maximum atomic E-state index is 5.85. The van der Waals surface area contributed by atoms with E-state index in [0.717, 1.165) is 16.3 Å². The molecule has 2 aliphatic heterocycles. The molecule has 0 bridgehead atoms. The summed E-state index contributed by atoms with van der Waals surface area (Å²) in [5.41, 5.74) is 1.91. The van der Waals surface area contributed by atoms with E-state index in [4.69, 9.17) is 11.6 Å². The molecule has 2 aliphatic rings. The summed E-state index contributed by atoms with van der Waals surface area (Å²) in [6, 6.07) is 0. The van der Waals surface area contributed by atoms with Crippen LogP contribution in [0.15, 0.2) is 32.9 Å². The maximum absolute atomic E-state index is 5.85. The molecule has 0 fully saturated rings. The number of nitrogens with zero attached hydrogens (tertiary/aromatic N) is 2. The van der Waals surface area contributed by atoms with Crippen molar-refractivity contribution in [3.8, 4) is 0 Å². The van der Waals surface area contributed by atoms with Gasteiger partial charge in [-0.25, -0.2) is 0 Å². The summed E-state index contributed by atoms with van der Waals surface area (Å²) in [4.78, 5) is 8.07. The lowest BCUT2D eigenvalue weighted by atomic mass is 10.1. The number of aliphatic imine (C=N–C) groups is 2. The van der Waals surface area contributed by atoms with Crippen molar-refractivity contribution in [1.29, 1.82) is 0 Å². The predicted molar refractivity (Wildman–Crippen MR) is 42.8 cm³/mol. The number of hydrogen-bond donors (Lipinski definition) is 0. The van der Waals surface area contributed by atoms with Gasteiger partial charge in [-0.1, -0.05) is 11.6 Å². The quantitative estimate of drug-likeness (QED) is 0.503. The van der Waals surface area contributed by atoms with Gasteiger partial charge in [-0.3, -0.25) is 9.98 Å². The third kappa shape index (κ3) is 0.727. The molecular formula is C7H5ClN2. The van der Waals surface area contributed by atoms with Crippen LogP contribution in [0.1, 0.15) is 0 Å². The van der Waals surface area contributed by atoms with Gasteiger partial charge in [-0.2, -0.15) is 0 Å². The van der Waals surface area contributed by atoms with Crippen molar-refractivity contribution < 1.29 is 0 Å². The zero-order chi connectivity index (χ0) is 6.97. The Morgan fingerprint density at radius 1 is 1.50 bits per heavy atom. The zero-order valence-corrected chi connectivity index (χ0v) is 5.97. The molecule has 0 aromatic rings. The Morgan fingerprint density at radius 2 is 2.40 bits per heavy atom. The van der Waals surface area contributed by atoms with Crippen LogP contribution >= 0.6 is 11.6 Å². The minimum absolute atomic E-state index is 0.597. The average Bonchev–Trinajstić information content (AvgIpc) is 2.36. The van der Waals surface area contributed by atoms with Crippen LogP contribution in [0.5, 0.6) is 0 Å². The van der Waals surface area contributed by atoms with Gasteiger partial charge in [-0.15, -0.1) is 0 Å². The molecule has 0 saturated carbocycles. The first-order valence-corrected chi connectivity index (χ1v) is 3.39. The molecule has 0 N–H and O–H groups in total. The maximum Gasteiger partial charge on any atom is 0.0893 e. The van der Waals surface area contributed by atoms with E-state index in [2.05, 4.69) is 9.98 Å². The topological polar surface area (TPSA) is 24.7 Å². The number of rotatable bonds is 0. The largest absolute Gasteiger partial charge is 0.285 e. The van der Waals surface area contributed by atoms with Crippen molar-refractivity contribution in [3.05, 3.63) is 22.9 Å². The predicted octanol–water partition coefficient (Wildman–Crippen LogP) is 1.53. The SMILES string of the molecule is ClC1=C2C=CN=C2C=NC1. The van der Waals surface area contributed by atoms with Crippen molar-refractivity contribution in [2.75, 3.05) is 6.54 Å². The molecule has 0 aliphatic carbocycles. The molecule has 0 atom stereocenters. The molecule has 0 aromatic carbocycles. The lowest BCUT2D eigenvalue weighted by molar-refractivity contribution is 1.22. The van der Waals surface area contributed by atoms with E-state index < -0.39 is 0 Å². The monoisotopic (exact) mass is 152 g/mol. The third-order valence-corrected chi connectivity index (χ3v) is 1.79. The smallest absolute Gasteiger partial charge is 0.0893 e. The van der Waals surface area contributed by atoms with Gasteiger partial charge < -0.3 is 0 Å². The molecule has 3 heteroatoms. The fourth-order valence-corrected chi connectivity index (χ4v) is 1.21. The van der Waals surface area contributed by atoms with E-state index >= 15 is 0 Å². The number of allylic oxidation sites excluding steroid dienone is 2. The van der Waals surface area contributed by atoms with E-state index in [1.165, 1.54) is 0 Å². The Bertz CT molecular complexity index is 284. The Hall–Kier alpha value is -0.890. The zero-order valence-electron chi connectivity index (χ0n) is 5.21. The number of hydrogen-bond acceptors (Lipinski definition) is 2. The van der Waals surface area contributed by atoms with Crippen LogP contribution < -0.4 is 0 Å². The average molecular weight is 153 g/mol. The van der Waals surface area contributed by atoms with E-state index in [-0.39, 0.29) is 0 Å². The van der Waals surface area contributed by atoms with Gasteiger partial charge in [0.25, 0.3) is 0 Å². The van der Waals surface area contributed by atoms with E-state index in [1.54, 1.807) is 12.4 Å². The molecule has 10 heavy (non-hydrogen) atoms. The van der Waals surface area contributed by atoms with Crippen molar-refractivity contribution in [1.82, 2.24) is 0 Å². The molecule has 0 unspecified atom stereocenters. The molecule has 2 nitrogen and oxygen atoms in total. The number of dihydropyridines is 1. The Balaban J connectivity index is 2.52. The lowest BCUT2D eigenvalue weighted by Crippen LogP contribution is -2.07. The molecular weight excluding hydrogens is 148 g/mol. The summed E-state index contributed by atoms with van der Waals surface area (Å²) >= 11 is 5.85. The van der Waals surface area contributed by atoms with Crippen LogP contribution in [-0.4, -0.2) is 18.5 Å². The molecule has 0 spiro atoms. The minimum atomic E-state index is 0.597. The molecule has 0 radical (unpaired) electrons. The Labute approximate surface area is 63.6 Å². The number of halogens is 1. The van der Waals surface area contributed by atoms with Gasteiger partial charge in [0.2, 0.25) is 0 Å². The molecule has 0 aromatic heterocycles. The summed E-state index contributed by atoms with van der Waals surface area (Å²) in [5, 5.41) is 0.787. The highest BCUT2D eigenvalue weighted by Gasteiger charge is 2.13. The van der Waals surface area contributed by atoms with Crippen LogP contribution in [0.2, 0.25) is 0 Å². The molecule has 0 amide bonds. The van der Waals surface area contributed by atoms with Gasteiger partial charge in [0.15, 0.2) is 0 Å². The van der Waals surface area contributed by atoms with Crippen LogP contribution in [0, 0.1) is 0 Å². The number of fused-ring (bicyclic) bond motifs is 1. The molecule has 2 rings (SSSR count). The summed E-state index contributed by atoms with van der Waals surface area (Å²) in [6.07, 6.45) is 5.40. The van der Waals surface area contributed by atoms with Gasteiger partial charge in [-0.05, 0) is 6.08 Å². The molecule has 2 heterocycles. The van der Waals surface area contributed by atoms with Crippen molar-refractivity contribution >= 4 is 23.5 Å². The second-order valence-electron chi connectivity index (χ2n) is 2.12. The standard InChI is InChI=1S/C7H5ClN2/c8-6-3-9-4-7-5(6)1-2-10-7/h1-2,4H,3H2. The van der Waals surface area contributed by atoms with Crippen LogP contribution in [0.25, 0.3) is 0 Å². The van der Waals surface area contributed by atoms with E-state index in [9.17, 15) is 0 Å². The highest BCUT2D eigenvalue weighted by molar-refractivity contribution is 6.45. The summed E-state index contributed by atoms with van der Waals surface area (Å²) in [5.74, 6) is 0. The van der Waals surface area contributed by atoms with Gasteiger partial charge in [0.1, 0.15) is 0 Å². The second-order valence-corrected chi connectivity index (χ2v) is 2.57. The van der Waals surface area contributed by atoms with Crippen LogP contribution in [-0.2, 0) is 0 Å². The van der Waals surface area contributed by atoms with Crippen molar-refractivity contribution in [2.45, 2.75) is 0 Å². The van der Waals surface area contributed by atoms with E-state index in [1.807, 2.05) is 6.08 Å². The first-order valence-electron chi connectivity index (χ1n) is 3.01. The molecule has 0 saturated heterocycles. The van der Waals surface area contributed by atoms with Crippen molar-refractivity contribution in [3.63, 3.8) is 0 Å². The first kappa shape index (κ1) is 5.86. The van der Waals surface area contributed by atoms with Crippen LogP contribution in [0.4, 0.5) is 0 Å². The Morgan fingerprint density at radius 3 is 3.20 bits per heavy atom. The Kier molecular flexibility index (Phi) is 1.21. The summed E-state index contributed by atoms with van der Waals surface area (Å²) < 4.78 is 0. The highest BCUT2D eigenvalue weighted by atomic mass is 35.5. The molecule has 50 valence electrons. The summed E-state index contributed by atoms with van der Waals surface area (Å²) in [6.45, 7) is 0.597. The van der Waals surface area contributed by atoms with Crippen LogP contribution in [0.3, 0.4) is 0 Å². The highest BCUT2D eigenvalue weighted by Crippen LogP contribution is 2.19. The van der Waals surface area contributed by atoms with E-state index in [0.29, 0.717) is 6.54 Å². The fraction of sp³-hybridized carbons (Fsp3) is 0.143. The normalized spacial score (nSPS) is 21.5. The van der Waals surface area contributed by atoms with Gasteiger partial charge in [0, 0.05) is 23.0 Å². The lowest BCUT2D eigenvalue weighted by Gasteiger charge is -2.04. The second kappa shape index (κ2) is 2.06. The fourth-order valence-electron chi connectivity index (χ4n) is 0.977. The first-order chi connectivity index (χ1) is 4.88. The third-order valence-electron chi connectivity index (χ3n) is 1.47. The summed E-state index contributed by atoms with van der Waals surface area (Å²) in [7, 11) is 0.